The summed E-state index contributed by atoms with van der Waals surface area (Å²) in [6, 6.07) is 12.3. The van der Waals surface area contributed by atoms with Crippen LogP contribution < -0.4 is 20.2 Å². The van der Waals surface area contributed by atoms with Gasteiger partial charge in [-0.25, -0.2) is 5.43 Å². The first-order valence-corrected chi connectivity index (χ1v) is 12.0. The summed E-state index contributed by atoms with van der Waals surface area (Å²) in [4.78, 5) is 24.2. The van der Waals surface area contributed by atoms with Crippen molar-refractivity contribution < 1.29 is 32.2 Å². The van der Waals surface area contributed by atoms with Crippen molar-refractivity contribution >= 4 is 58.5 Å². The lowest BCUT2D eigenvalue weighted by Gasteiger charge is -2.14. The van der Waals surface area contributed by atoms with E-state index in [2.05, 4.69) is 5.10 Å². The molecule has 0 aliphatic rings. The number of anilines is 1. The maximum Gasteiger partial charge on any atom is 0.416 e. The van der Waals surface area contributed by atoms with Gasteiger partial charge in [-0.3, -0.25) is 9.59 Å². The minimum Gasteiger partial charge on any atom is -0.490 e. The van der Waals surface area contributed by atoms with Crippen LogP contribution in [0, 0.1) is 0 Å². The Morgan fingerprint density at radius 2 is 1.63 bits per heavy atom. The van der Waals surface area contributed by atoms with Crippen LogP contribution >= 0.6 is 34.8 Å². The number of carbonyl (C=O) groups is 2. The van der Waals surface area contributed by atoms with Gasteiger partial charge in [0.05, 0.1) is 29.1 Å². The molecular weight excluding hydrogens is 570 g/mol. The molecule has 0 aliphatic carbocycles. The summed E-state index contributed by atoms with van der Waals surface area (Å²) >= 11 is 18.2. The van der Waals surface area contributed by atoms with Crippen molar-refractivity contribution in [3.63, 3.8) is 0 Å². The highest BCUT2D eigenvalue weighted by Gasteiger charge is 2.31. The number of amides is 2. The molecule has 0 heterocycles. The van der Waals surface area contributed by atoms with Gasteiger partial charge < -0.3 is 14.8 Å². The fourth-order valence-corrected chi connectivity index (χ4v) is 3.68. The third-order valence-electron chi connectivity index (χ3n) is 4.83. The predicted molar refractivity (Wildman–Crippen MR) is 139 cm³/mol. The Morgan fingerprint density at radius 1 is 0.921 bits per heavy atom. The Kier molecular flexibility index (Phi) is 9.84. The molecule has 0 saturated heterocycles. The normalized spacial score (nSPS) is 11.3. The van der Waals surface area contributed by atoms with E-state index in [9.17, 15) is 22.8 Å². The van der Waals surface area contributed by atoms with Crippen molar-refractivity contribution in [3.8, 4) is 11.5 Å². The van der Waals surface area contributed by atoms with E-state index in [0.29, 0.717) is 45.3 Å². The third-order valence-corrected chi connectivity index (χ3v) is 5.87. The number of nitrogens with zero attached hydrogens (tertiary/aromatic N) is 1. The number of hydrogen-bond donors (Lipinski definition) is 2. The standard InChI is InChI=1S/C25H19Cl3F3N3O4/c1-2-37-22-10-14(6-9-21(22)38-13-16-17(26)4-3-5-18(16)27)12-32-34-24(36)23(35)33-20-11-15(25(29,30)31)7-8-19(20)28/h3-12H,2,13H2,1H3,(H,33,35)(H,34,36). The summed E-state index contributed by atoms with van der Waals surface area (Å²) in [5.74, 6) is -1.71. The Balaban J connectivity index is 1.64. The van der Waals surface area contributed by atoms with E-state index in [1.54, 1.807) is 43.3 Å². The molecule has 0 aromatic heterocycles. The predicted octanol–water partition coefficient (Wildman–Crippen LogP) is 6.73. The molecule has 2 amide bonds. The van der Waals surface area contributed by atoms with E-state index < -0.39 is 23.6 Å². The lowest BCUT2D eigenvalue weighted by Crippen LogP contribution is -2.32. The first kappa shape index (κ1) is 29.1. The SMILES string of the molecule is CCOc1cc(C=NNC(=O)C(=O)Nc2cc(C(F)(F)F)ccc2Cl)ccc1OCc1c(Cl)cccc1Cl. The zero-order chi connectivity index (χ0) is 27.9. The second-order valence-electron chi connectivity index (χ2n) is 7.47. The second-order valence-corrected chi connectivity index (χ2v) is 8.70. The van der Waals surface area contributed by atoms with Crippen LogP contribution in [0.2, 0.25) is 15.1 Å². The molecule has 0 fully saturated rings. The van der Waals surface area contributed by atoms with E-state index in [1.165, 1.54) is 6.21 Å². The van der Waals surface area contributed by atoms with Gasteiger partial charge in [0.2, 0.25) is 0 Å². The van der Waals surface area contributed by atoms with Crippen molar-refractivity contribution in [2.45, 2.75) is 19.7 Å². The van der Waals surface area contributed by atoms with Crippen molar-refractivity contribution in [2.75, 3.05) is 11.9 Å². The number of hydrogen-bond acceptors (Lipinski definition) is 5. The van der Waals surface area contributed by atoms with E-state index in [4.69, 9.17) is 44.3 Å². The molecule has 0 saturated carbocycles. The van der Waals surface area contributed by atoms with Crippen LogP contribution in [-0.4, -0.2) is 24.6 Å². The van der Waals surface area contributed by atoms with Crippen LogP contribution in [0.5, 0.6) is 11.5 Å². The van der Waals surface area contributed by atoms with Crippen molar-refractivity contribution in [3.05, 3.63) is 86.4 Å². The van der Waals surface area contributed by atoms with Crippen molar-refractivity contribution in [1.29, 1.82) is 0 Å². The molecule has 0 unspecified atom stereocenters. The molecular formula is C25H19Cl3F3N3O4. The van der Waals surface area contributed by atoms with Gasteiger partial charge in [-0.2, -0.15) is 18.3 Å². The first-order chi connectivity index (χ1) is 18.0. The topological polar surface area (TPSA) is 89.0 Å². The summed E-state index contributed by atoms with van der Waals surface area (Å²) in [5.41, 5.74) is 1.67. The Morgan fingerprint density at radius 3 is 2.29 bits per heavy atom. The highest BCUT2D eigenvalue weighted by molar-refractivity contribution is 6.41. The molecule has 0 radical (unpaired) electrons. The first-order valence-electron chi connectivity index (χ1n) is 10.8. The monoisotopic (exact) mass is 587 g/mol. The minimum absolute atomic E-state index is 0.0904. The summed E-state index contributed by atoms with van der Waals surface area (Å²) in [6.07, 6.45) is -3.42. The lowest BCUT2D eigenvalue weighted by molar-refractivity contribution is -0.137. The van der Waals surface area contributed by atoms with Crippen molar-refractivity contribution in [1.82, 2.24) is 5.43 Å². The highest BCUT2D eigenvalue weighted by Crippen LogP contribution is 2.34. The molecule has 13 heteroatoms. The Labute approximate surface area is 230 Å². The van der Waals surface area contributed by atoms with Gasteiger partial charge in [-0.05, 0) is 61.0 Å². The molecule has 0 atom stereocenters. The average molecular weight is 589 g/mol. The van der Waals surface area contributed by atoms with Crippen LogP contribution in [0.25, 0.3) is 0 Å². The Bertz CT molecular complexity index is 1350. The van der Waals surface area contributed by atoms with Gasteiger partial charge in [0, 0.05) is 15.6 Å². The number of alkyl halides is 3. The molecule has 0 spiro atoms. The molecule has 0 aliphatic heterocycles. The minimum atomic E-state index is -4.65. The lowest BCUT2D eigenvalue weighted by atomic mass is 10.2. The van der Waals surface area contributed by atoms with Gasteiger partial charge >= 0.3 is 18.0 Å². The third kappa shape index (κ3) is 7.77. The quantitative estimate of drug-likeness (QED) is 0.173. The van der Waals surface area contributed by atoms with E-state index in [1.807, 2.05) is 10.7 Å². The summed E-state index contributed by atoms with van der Waals surface area (Å²) in [6.45, 7) is 2.21. The van der Waals surface area contributed by atoms with Gasteiger partial charge in [-0.1, -0.05) is 40.9 Å². The van der Waals surface area contributed by atoms with Gasteiger partial charge in [0.15, 0.2) is 11.5 Å². The summed E-state index contributed by atoms with van der Waals surface area (Å²) in [7, 11) is 0. The maximum absolute atomic E-state index is 12.9. The number of halogens is 6. The van der Waals surface area contributed by atoms with Crippen LogP contribution in [0.15, 0.2) is 59.7 Å². The number of benzene rings is 3. The zero-order valence-corrected chi connectivity index (χ0v) is 21.8. The van der Waals surface area contributed by atoms with Crippen LogP contribution in [0.1, 0.15) is 23.6 Å². The van der Waals surface area contributed by atoms with Gasteiger partial charge in [0.1, 0.15) is 6.61 Å². The molecule has 2 N–H and O–H groups in total. The molecule has 3 aromatic carbocycles. The van der Waals surface area contributed by atoms with E-state index in [-0.39, 0.29) is 17.3 Å². The van der Waals surface area contributed by atoms with Crippen LogP contribution in [-0.2, 0) is 22.4 Å². The number of carbonyl (C=O) groups excluding carboxylic acids is 2. The number of hydrazone groups is 1. The molecule has 3 rings (SSSR count). The smallest absolute Gasteiger partial charge is 0.416 e. The largest absolute Gasteiger partial charge is 0.490 e. The average Bonchev–Trinajstić information content (AvgIpc) is 2.85. The van der Waals surface area contributed by atoms with Gasteiger partial charge in [-0.15, -0.1) is 0 Å². The van der Waals surface area contributed by atoms with E-state index in [0.717, 1.165) is 12.1 Å². The van der Waals surface area contributed by atoms with Gasteiger partial charge in [0.25, 0.3) is 0 Å². The Hall–Kier alpha value is -3.47. The van der Waals surface area contributed by atoms with E-state index >= 15 is 0 Å². The zero-order valence-electron chi connectivity index (χ0n) is 19.5. The summed E-state index contributed by atoms with van der Waals surface area (Å²) in [5, 5.41) is 6.46. The molecule has 3 aromatic rings. The summed E-state index contributed by atoms with van der Waals surface area (Å²) < 4.78 is 50.1. The highest BCUT2D eigenvalue weighted by atomic mass is 35.5. The number of rotatable bonds is 8. The molecule has 200 valence electrons. The maximum atomic E-state index is 12.9. The fourth-order valence-electron chi connectivity index (χ4n) is 3.01. The second kappa shape index (κ2) is 12.9. The van der Waals surface area contributed by atoms with Crippen LogP contribution in [0.4, 0.5) is 18.9 Å². The van der Waals surface area contributed by atoms with Crippen molar-refractivity contribution in [2.24, 2.45) is 5.10 Å². The number of ether oxygens (including phenoxy) is 2. The molecule has 0 bridgehead atoms. The van der Waals surface area contributed by atoms with Crippen LogP contribution in [0.3, 0.4) is 0 Å². The fraction of sp³-hybridized carbons (Fsp3) is 0.160. The molecule has 38 heavy (non-hydrogen) atoms. The number of nitrogens with one attached hydrogen (secondary N) is 2. The molecule has 7 nitrogen and oxygen atoms in total.